The Hall–Kier alpha value is -1.76. The fraction of sp³-hybridized carbons (Fsp3) is 0.250. The first-order valence-electron chi connectivity index (χ1n) is 5.77. The van der Waals surface area contributed by atoms with E-state index < -0.39 is 0 Å². The summed E-state index contributed by atoms with van der Waals surface area (Å²) in [6.45, 7) is 10.5. The Labute approximate surface area is 104 Å². The van der Waals surface area contributed by atoms with Crippen LogP contribution in [0.4, 0.5) is 0 Å². The van der Waals surface area contributed by atoms with Gasteiger partial charge >= 0.3 is 0 Å². The minimum atomic E-state index is 0.587. The van der Waals surface area contributed by atoms with Crippen LogP contribution in [0, 0.1) is 0 Å². The Bertz CT molecular complexity index is 420. The maximum absolute atomic E-state index is 5.77. The van der Waals surface area contributed by atoms with Crippen LogP contribution in [0.2, 0.25) is 0 Å². The number of hydrogen-bond donors (Lipinski definition) is 0. The smallest absolute Gasteiger partial charge is 0.119 e. The molecular formula is C16H20O. The second-order valence-corrected chi connectivity index (χ2v) is 4.39. The first-order chi connectivity index (χ1) is 8.08. The Balaban J connectivity index is 2.69. The predicted molar refractivity (Wildman–Crippen MR) is 73.6 cm³/mol. The van der Waals surface area contributed by atoms with Crippen LogP contribution >= 0.6 is 0 Å². The molecule has 0 bridgehead atoms. The van der Waals surface area contributed by atoms with Crippen molar-refractivity contribution in [1.82, 2.24) is 0 Å². The summed E-state index contributed by atoms with van der Waals surface area (Å²) in [7, 11) is 0. The molecule has 0 spiro atoms. The van der Waals surface area contributed by atoms with Crippen LogP contribution in [0.5, 0.6) is 0 Å². The van der Waals surface area contributed by atoms with E-state index in [0.717, 1.165) is 11.3 Å². The molecule has 0 aliphatic carbocycles. The van der Waals surface area contributed by atoms with Gasteiger partial charge in [-0.2, -0.15) is 0 Å². The molecule has 0 unspecified atom stereocenters. The van der Waals surface area contributed by atoms with E-state index in [9.17, 15) is 0 Å². The van der Waals surface area contributed by atoms with Crippen LogP contribution < -0.4 is 0 Å². The van der Waals surface area contributed by atoms with Crippen LogP contribution in [0.1, 0.15) is 26.3 Å². The molecule has 1 aromatic carbocycles. The van der Waals surface area contributed by atoms with E-state index in [-0.39, 0.29) is 0 Å². The molecule has 1 nitrogen and oxygen atoms in total. The van der Waals surface area contributed by atoms with Gasteiger partial charge in [0.05, 0.1) is 0 Å². The van der Waals surface area contributed by atoms with Gasteiger partial charge in [0, 0.05) is 0 Å². The highest BCUT2D eigenvalue weighted by Gasteiger charge is 1.96. The normalized spacial score (nSPS) is 10.9. The van der Waals surface area contributed by atoms with E-state index in [1.807, 2.05) is 37.3 Å². The first-order valence-corrected chi connectivity index (χ1v) is 5.77. The van der Waals surface area contributed by atoms with E-state index >= 15 is 0 Å². The molecular weight excluding hydrogens is 208 g/mol. The minimum absolute atomic E-state index is 0.587. The van der Waals surface area contributed by atoms with Crippen molar-refractivity contribution >= 4 is 0 Å². The van der Waals surface area contributed by atoms with Gasteiger partial charge in [-0.15, -0.1) is 0 Å². The predicted octanol–water partition coefficient (Wildman–Crippen LogP) is 4.63. The second-order valence-electron chi connectivity index (χ2n) is 4.39. The fourth-order valence-corrected chi connectivity index (χ4v) is 1.39. The fourth-order valence-electron chi connectivity index (χ4n) is 1.39. The third-order valence-corrected chi connectivity index (χ3v) is 2.07. The highest BCUT2D eigenvalue weighted by molar-refractivity contribution is 5.25. The van der Waals surface area contributed by atoms with Crippen molar-refractivity contribution in [1.29, 1.82) is 0 Å². The Morgan fingerprint density at radius 3 is 2.29 bits per heavy atom. The van der Waals surface area contributed by atoms with Crippen molar-refractivity contribution in [3.63, 3.8) is 0 Å². The summed E-state index contributed by atoms with van der Waals surface area (Å²) >= 11 is 0. The number of allylic oxidation sites excluding steroid dienone is 4. The lowest BCUT2D eigenvalue weighted by Gasteiger charge is -2.08. The average Bonchev–Trinajstić information content (AvgIpc) is 2.26. The van der Waals surface area contributed by atoms with Crippen molar-refractivity contribution in [2.75, 3.05) is 0 Å². The van der Waals surface area contributed by atoms with Crippen LogP contribution in [0.25, 0.3) is 0 Å². The molecule has 0 amide bonds. The van der Waals surface area contributed by atoms with Crippen molar-refractivity contribution in [2.45, 2.75) is 27.4 Å². The third kappa shape index (κ3) is 5.76. The zero-order chi connectivity index (χ0) is 12.7. The Morgan fingerprint density at radius 1 is 1.12 bits per heavy atom. The molecule has 17 heavy (non-hydrogen) atoms. The van der Waals surface area contributed by atoms with Crippen molar-refractivity contribution < 1.29 is 4.74 Å². The molecule has 0 atom stereocenters. The third-order valence-electron chi connectivity index (χ3n) is 2.07. The monoisotopic (exact) mass is 228 g/mol. The molecule has 1 rings (SSSR count). The first kappa shape index (κ1) is 13.3. The van der Waals surface area contributed by atoms with Crippen LogP contribution in [-0.4, -0.2) is 0 Å². The lowest BCUT2D eigenvalue weighted by atomic mass is 10.2. The number of ether oxygens (including phenoxy) is 1. The molecule has 0 radical (unpaired) electrons. The molecule has 0 aliphatic rings. The molecule has 0 saturated heterocycles. The van der Waals surface area contributed by atoms with Gasteiger partial charge in [-0.05, 0) is 38.5 Å². The van der Waals surface area contributed by atoms with Gasteiger partial charge < -0.3 is 4.74 Å². The van der Waals surface area contributed by atoms with Crippen molar-refractivity contribution in [3.8, 4) is 0 Å². The maximum atomic E-state index is 5.77. The van der Waals surface area contributed by atoms with Crippen LogP contribution in [0.3, 0.4) is 0 Å². The van der Waals surface area contributed by atoms with Gasteiger partial charge in [-0.3, -0.25) is 0 Å². The molecule has 0 fully saturated rings. The molecule has 0 aromatic heterocycles. The van der Waals surface area contributed by atoms with E-state index in [0.29, 0.717) is 6.61 Å². The summed E-state index contributed by atoms with van der Waals surface area (Å²) in [5.74, 6) is 0.862. The second kappa shape index (κ2) is 6.74. The number of rotatable bonds is 5. The summed E-state index contributed by atoms with van der Waals surface area (Å²) in [5.41, 5.74) is 3.37. The largest absolute Gasteiger partial charge is 0.489 e. The zero-order valence-corrected chi connectivity index (χ0v) is 10.9. The summed E-state index contributed by atoms with van der Waals surface area (Å²) in [6.07, 6.45) is 3.98. The molecule has 1 heteroatoms. The zero-order valence-electron chi connectivity index (χ0n) is 10.9. The van der Waals surface area contributed by atoms with E-state index in [2.05, 4.69) is 32.6 Å². The van der Waals surface area contributed by atoms with Gasteiger partial charge in [-0.1, -0.05) is 48.1 Å². The number of benzene rings is 1. The highest BCUT2D eigenvalue weighted by atomic mass is 16.5. The maximum Gasteiger partial charge on any atom is 0.119 e. The topological polar surface area (TPSA) is 9.23 Å². The molecule has 0 aliphatic heterocycles. The standard InChI is InChI=1S/C16H20O/c1-13(2)10-16(11-14(3)4)17-12-15-8-6-5-7-9-15/h5-11H,1,12H2,2-4H3/b16-10+. The summed E-state index contributed by atoms with van der Waals surface area (Å²) in [6, 6.07) is 10.1. The van der Waals surface area contributed by atoms with Crippen molar-refractivity contribution in [2.24, 2.45) is 0 Å². The minimum Gasteiger partial charge on any atom is -0.489 e. The molecule has 0 saturated carbocycles. The quantitative estimate of drug-likeness (QED) is 0.527. The van der Waals surface area contributed by atoms with Crippen molar-refractivity contribution in [3.05, 3.63) is 71.5 Å². The summed E-state index contributed by atoms with van der Waals surface area (Å²) < 4.78 is 5.77. The SMILES string of the molecule is C=C(C)/C=C(\C=C(C)C)OCc1ccccc1. The van der Waals surface area contributed by atoms with Crippen LogP contribution in [0.15, 0.2) is 66.0 Å². The van der Waals surface area contributed by atoms with E-state index in [4.69, 9.17) is 4.74 Å². The van der Waals surface area contributed by atoms with Gasteiger partial charge in [0.15, 0.2) is 0 Å². The van der Waals surface area contributed by atoms with Crippen LogP contribution in [-0.2, 0) is 11.3 Å². The van der Waals surface area contributed by atoms with Gasteiger partial charge in [0.25, 0.3) is 0 Å². The van der Waals surface area contributed by atoms with Gasteiger partial charge in [0.1, 0.15) is 12.4 Å². The molecule has 0 N–H and O–H groups in total. The Kier molecular flexibility index (Phi) is 5.28. The summed E-state index contributed by atoms with van der Waals surface area (Å²) in [4.78, 5) is 0. The average molecular weight is 228 g/mol. The molecule has 0 heterocycles. The van der Waals surface area contributed by atoms with Gasteiger partial charge in [0.2, 0.25) is 0 Å². The van der Waals surface area contributed by atoms with E-state index in [1.165, 1.54) is 11.1 Å². The van der Waals surface area contributed by atoms with E-state index in [1.54, 1.807) is 0 Å². The molecule has 1 aromatic rings. The van der Waals surface area contributed by atoms with Gasteiger partial charge in [-0.25, -0.2) is 0 Å². The Morgan fingerprint density at radius 2 is 1.76 bits per heavy atom. The molecule has 90 valence electrons. The summed E-state index contributed by atoms with van der Waals surface area (Å²) in [5, 5.41) is 0. The lowest BCUT2D eigenvalue weighted by molar-refractivity contribution is 0.210. The lowest BCUT2D eigenvalue weighted by Crippen LogP contribution is -1.92. The highest BCUT2D eigenvalue weighted by Crippen LogP contribution is 2.11. The number of hydrogen-bond acceptors (Lipinski definition) is 1.